The Morgan fingerprint density at radius 2 is 2.19 bits per heavy atom. The zero-order valence-electron chi connectivity index (χ0n) is 9.30. The molecule has 0 fully saturated rings. The first kappa shape index (κ1) is 12.2. The van der Waals surface area contributed by atoms with E-state index >= 15 is 0 Å². The highest BCUT2D eigenvalue weighted by atomic mass is 16.5. The molecule has 0 unspecified atom stereocenters. The Hall–Kier alpha value is -1.92. The molecule has 7 nitrogen and oxygen atoms in total. The van der Waals surface area contributed by atoms with E-state index in [0.29, 0.717) is 0 Å². The zero-order chi connectivity index (χ0) is 12.3. The number of esters is 1. The summed E-state index contributed by atoms with van der Waals surface area (Å²) in [4.78, 5) is 22.5. The number of carbonyl (C=O) groups is 2. The lowest BCUT2D eigenvalue weighted by atomic mass is 10.1. The quantitative estimate of drug-likeness (QED) is 0.742. The van der Waals surface area contributed by atoms with Crippen molar-refractivity contribution in [2.24, 2.45) is 0 Å². The number of carboxylic acids is 1. The third kappa shape index (κ3) is 2.02. The summed E-state index contributed by atoms with van der Waals surface area (Å²) in [5.74, 6) is -1.75. The van der Waals surface area contributed by atoms with Crippen molar-refractivity contribution in [1.82, 2.24) is 15.0 Å². The molecule has 7 heteroatoms. The van der Waals surface area contributed by atoms with Gasteiger partial charge in [0.1, 0.15) is 0 Å². The van der Waals surface area contributed by atoms with Crippen LogP contribution in [0.15, 0.2) is 6.20 Å². The Kier molecular flexibility index (Phi) is 3.26. The topological polar surface area (TPSA) is 94.3 Å². The van der Waals surface area contributed by atoms with Crippen LogP contribution in [0, 0.1) is 0 Å². The molecule has 0 radical (unpaired) electrons. The zero-order valence-corrected chi connectivity index (χ0v) is 9.30. The summed E-state index contributed by atoms with van der Waals surface area (Å²) in [6.07, 6.45) is 1.18. The number of nitrogens with zero attached hydrogens (tertiary/aromatic N) is 3. The first-order chi connectivity index (χ1) is 7.41. The molecule has 0 saturated heterocycles. The van der Waals surface area contributed by atoms with E-state index in [0.717, 1.165) is 4.68 Å². The second-order valence-electron chi connectivity index (χ2n) is 3.62. The molecule has 0 amide bonds. The second kappa shape index (κ2) is 4.30. The minimum Gasteiger partial charge on any atom is -0.479 e. The summed E-state index contributed by atoms with van der Waals surface area (Å²) in [7, 11) is 0. The molecule has 1 rings (SSSR count). The van der Waals surface area contributed by atoms with Gasteiger partial charge in [0, 0.05) is 0 Å². The maximum atomic E-state index is 11.5. The Labute approximate surface area is 92.0 Å². The van der Waals surface area contributed by atoms with Gasteiger partial charge in [-0.05, 0) is 20.8 Å². The van der Waals surface area contributed by atoms with Crippen molar-refractivity contribution in [2.45, 2.75) is 26.3 Å². The Balaban J connectivity index is 3.12. The summed E-state index contributed by atoms with van der Waals surface area (Å²) in [6, 6.07) is 0. The van der Waals surface area contributed by atoms with Crippen molar-refractivity contribution >= 4 is 11.9 Å². The average molecular weight is 227 g/mol. The summed E-state index contributed by atoms with van der Waals surface area (Å²) >= 11 is 0. The van der Waals surface area contributed by atoms with Crippen LogP contribution in [0.3, 0.4) is 0 Å². The van der Waals surface area contributed by atoms with E-state index in [4.69, 9.17) is 9.84 Å². The van der Waals surface area contributed by atoms with Crippen molar-refractivity contribution in [1.29, 1.82) is 0 Å². The predicted octanol–water partition coefficient (Wildman–Crippen LogP) is 0.274. The molecule has 0 aliphatic heterocycles. The van der Waals surface area contributed by atoms with Crippen molar-refractivity contribution < 1.29 is 19.4 Å². The molecule has 16 heavy (non-hydrogen) atoms. The molecule has 1 N–H and O–H groups in total. The van der Waals surface area contributed by atoms with Crippen molar-refractivity contribution in [2.75, 3.05) is 6.61 Å². The number of hydrogen-bond donors (Lipinski definition) is 1. The lowest BCUT2D eigenvalue weighted by Crippen LogP contribution is -2.38. The smallest absolute Gasteiger partial charge is 0.358 e. The van der Waals surface area contributed by atoms with Gasteiger partial charge in [0.05, 0.1) is 12.8 Å². The van der Waals surface area contributed by atoms with Crippen molar-refractivity contribution in [3.63, 3.8) is 0 Å². The van der Waals surface area contributed by atoms with Gasteiger partial charge in [-0.25, -0.2) is 14.3 Å². The van der Waals surface area contributed by atoms with Crippen molar-refractivity contribution in [3.05, 3.63) is 11.9 Å². The largest absolute Gasteiger partial charge is 0.479 e. The van der Waals surface area contributed by atoms with Crippen LogP contribution in [0.25, 0.3) is 0 Å². The maximum Gasteiger partial charge on any atom is 0.358 e. The highest BCUT2D eigenvalue weighted by Crippen LogP contribution is 2.16. The first-order valence-electron chi connectivity index (χ1n) is 4.73. The van der Waals surface area contributed by atoms with E-state index < -0.39 is 17.5 Å². The van der Waals surface area contributed by atoms with Crippen LogP contribution in [0.1, 0.15) is 31.3 Å². The molecule has 0 atom stereocenters. The van der Waals surface area contributed by atoms with Crippen LogP contribution < -0.4 is 0 Å². The SMILES string of the molecule is CCOC(=O)c1cnnn1C(C)(C)C(=O)O. The monoisotopic (exact) mass is 227 g/mol. The van der Waals surface area contributed by atoms with Gasteiger partial charge in [-0.3, -0.25) is 0 Å². The normalized spacial score (nSPS) is 11.2. The van der Waals surface area contributed by atoms with E-state index in [2.05, 4.69) is 10.3 Å². The van der Waals surface area contributed by atoms with Gasteiger partial charge in [0.25, 0.3) is 0 Å². The van der Waals surface area contributed by atoms with Gasteiger partial charge in [0.15, 0.2) is 11.2 Å². The molecule has 1 heterocycles. The van der Waals surface area contributed by atoms with Gasteiger partial charge in [0.2, 0.25) is 0 Å². The van der Waals surface area contributed by atoms with Crippen molar-refractivity contribution in [3.8, 4) is 0 Å². The fraction of sp³-hybridized carbons (Fsp3) is 0.556. The third-order valence-electron chi connectivity index (χ3n) is 2.09. The first-order valence-corrected chi connectivity index (χ1v) is 4.73. The molecule has 0 saturated carbocycles. The number of carboxylic acid groups (broad SMARTS) is 1. The molecule has 0 bridgehead atoms. The van der Waals surface area contributed by atoms with Crippen LogP contribution >= 0.6 is 0 Å². The third-order valence-corrected chi connectivity index (χ3v) is 2.09. The van der Waals surface area contributed by atoms with E-state index in [-0.39, 0.29) is 12.3 Å². The van der Waals surface area contributed by atoms with E-state index in [1.165, 1.54) is 20.0 Å². The Morgan fingerprint density at radius 3 is 2.69 bits per heavy atom. The highest BCUT2D eigenvalue weighted by Gasteiger charge is 2.34. The van der Waals surface area contributed by atoms with Gasteiger partial charge < -0.3 is 9.84 Å². The van der Waals surface area contributed by atoms with E-state index in [1.54, 1.807) is 6.92 Å². The highest BCUT2D eigenvalue weighted by molar-refractivity contribution is 5.88. The summed E-state index contributed by atoms with van der Waals surface area (Å²) in [5, 5.41) is 16.1. The molecule has 0 aliphatic carbocycles. The molecular formula is C9H13N3O4. The van der Waals surface area contributed by atoms with Gasteiger partial charge in [-0.15, -0.1) is 5.10 Å². The molecule has 0 spiro atoms. The van der Waals surface area contributed by atoms with E-state index in [1.807, 2.05) is 0 Å². The number of aromatic nitrogens is 3. The number of aliphatic carboxylic acids is 1. The van der Waals surface area contributed by atoms with E-state index in [9.17, 15) is 9.59 Å². The molecular weight excluding hydrogens is 214 g/mol. The fourth-order valence-electron chi connectivity index (χ4n) is 1.08. The average Bonchev–Trinajstić information content (AvgIpc) is 2.66. The maximum absolute atomic E-state index is 11.5. The molecule has 1 aromatic heterocycles. The van der Waals surface area contributed by atoms with Gasteiger partial charge in [-0.2, -0.15) is 0 Å². The molecule has 0 aliphatic rings. The lowest BCUT2D eigenvalue weighted by molar-refractivity contribution is -0.146. The number of rotatable bonds is 4. The Morgan fingerprint density at radius 1 is 1.56 bits per heavy atom. The van der Waals surface area contributed by atoms with Crippen LogP contribution in [-0.2, 0) is 15.1 Å². The Bertz CT molecular complexity index is 411. The molecule has 1 aromatic rings. The number of hydrogen-bond acceptors (Lipinski definition) is 5. The van der Waals surface area contributed by atoms with Crippen LogP contribution in [0.5, 0.6) is 0 Å². The standard InChI is InChI=1S/C9H13N3O4/c1-4-16-7(13)6-5-10-11-12(6)9(2,3)8(14)15/h5H,4H2,1-3H3,(H,14,15). The number of carbonyl (C=O) groups excluding carboxylic acids is 1. The summed E-state index contributed by atoms with van der Waals surface area (Å²) < 4.78 is 5.80. The lowest BCUT2D eigenvalue weighted by Gasteiger charge is -2.20. The molecule has 88 valence electrons. The number of ether oxygens (including phenoxy) is 1. The fourth-order valence-corrected chi connectivity index (χ4v) is 1.08. The molecule has 0 aromatic carbocycles. The van der Waals surface area contributed by atoms with Gasteiger partial charge >= 0.3 is 11.9 Å². The van der Waals surface area contributed by atoms with Crippen LogP contribution in [0.2, 0.25) is 0 Å². The predicted molar refractivity (Wildman–Crippen MR) is 52.9 cm³/mol. The second-order valence-corrected chi connectivity index (χ2v) is 3.62. The summed E-state index contributed by atoms with van der Waals surface area (Å²) in [6.45, 7) is 4.71. The van der Waals surface area contributed by atoms with Crippen LogP contribution in [0.4, 0.5) is 0 Å². The van der Waals surface area contributed by atoms with Crippen LogP contribution in [-0.4, -0.2) is 38.6 Å². The minimum atomic E-state index is -1.35. The summed E-state index contributed by atoms with van der Waals surface area (Å²) in [5.41, 5.74) is -1.33. The van der Waals surface area contributed by atoms with Gasteiger partial charge in [-0.1, -0.05) is 5.21 Å². The minimum absolute atomic E-state index is 0.0225.